The molecule has 0 fully saturated rings. The lowest BCUT2D eigenvalue weighted by Crippen LogP contribution is -1.99. The monoisotopic (exact) mass is 165 g/mol. The predicted octanol–water partition coefficient (Wildman–Crippen LogP) is 0.371. The van der Waals surface area contributed by atoms with E-state index in [1.54, 1.807) is 17.0 Å². The van der Waals surface area contributed by atoms with Gasteiger partial charge in [0.2, 0.25) is 5.78 Å². The molecule has 12 heavy (non-hydrogen) atoms. The van der Waals surface area contributed by atoms with E-state index in [1.165, 1.54) is 10.6 Å². The number of nitrogens with zero attached hydrogens (tertiary/aromatic N) is 3. The molecule has 0 aliphatic carbocycles. The van der Waals surface area contributed by atoms with Crippen LogP contribution < -0.4 is 0 Å². The van der Waals surface area contributed by atoms with Crippen LogP contribution in [0.25, 0.3) is 5.78 Å². The molecule has 0 unspecified atom stereocenters. The van der Waals surface area contributed by atoms with Crippen LogP contribution in [0.1, 0.15) is 10.5 Å². The number of aryl methyl sites for hydroxylation is 1. The quantitative estimate of drug-likeness (QED) is 0.664. The van der Waals surface area contributed by atoms with E-state index in [2.05, 4.69) is 4.98 Å². The second kappa shape index (κ2) is 2.10. The molecule has 0 aliphatic heterocycles. The van der Waals surface area contributed by atoms with Crippen LogP contribution in [0.4, 0.5) is 0 Å². The van der Waals surface area contributed by atoms with Crippen molar-refractivity contribution in [1.82, 2.24) is 14.0 Å². The maximum Gasteiger partial charge on any atom is 0.354 e. The van der Waals surface area contributed by atoms with Gasteiger partial charge in [0.15, 0.2) is 5.69 Å². The van der Waals surface area contributed by atoms with E-state index in [-0.39, 0.29) is 5.69 Å². The molecule has 2 heterocycles. The summed E-state index contributed by atoms with van der Waals surface area (Å²) in [5.74, 6) is -0.332. The Morgan fingerprint density at radius 1 is 1.58 bits per heavy atom. The Hall–Kier alpha value is -1.78. The molecular formula is C7H7N3O2. The minimum Gasteiger partial charge on any atom is -0.477 e. The van der Waals surface area contributed by atoms with Gasteiger partial charge in [-0.15, -0.1) is 0 Å². The zero-order chi connectivity index (χ0) is 8.72. The highest BCUT2D eigenvalue weighted by Gasteiger charge is 2.11. The van der Waals surface area contributed by atoms with Gasteiger partial charge in [-0.3, -0.25) is 4.40 Å². The lowest BCUT2D eigenvalue weighted by molar-refractivity contribution is 0.0689. The van der Waals surface area contributed by atoms with Crippen LogP contribution in [-0.2, 0) is 7.05 Å². The summed E-state index contributed by atoms with van der Waals surface area (Å²) in [6, 6.07) is 0. The Labute approximate surface area is 67.9 Å². The third kappa shape index (κ3) is 0.730. The SMILES string of the molecule is Cn1ccn2c(C(=O)O)cnc12. The van der Waals surface area contributed by atoms with Gasteiger partial charge in [-0.05, 0) is 0 Å². The molecule has 0 saturated carbocycles. The number of carbonyl (C=O) groups is 1. The molecule has 1 N–H and O–H groups in total. The van der Waals surface area contributed by atoms with Crippen molar-refractivity contribution in [2.45, 2.75) is 0 Å². The first-order valence-electron chi connectivity index (χ1n) is 3.42. The lowest BCUT2D eigenvalue weighted by Gasteiger charge is -1.88. The van der Waals surface area contributed by atoms with Gasteiger partial charge in [-0.1, -0.05) is 0 Å². The summed E-state index contributed by atoms with van der Waals surface area (Å²) >= 11 is 0. The topological polar surface area (TPSA) is 59.5 Å². The van der Waals surface area contributed by atoms with Crippen LogP contribution >= 0.6 is 0 Å². The molecule has 0 bridgehead atoms. The molecule has 2 rings (SSSR count). The van der Waals surface area contributed by atoms with Crippen molar-refractivity contribution in [3.8, 4) is 0 Å². The van der Waals surface area contributed by atoms with E-state index >= 15 is 0 Å². The van der Waals surface area contributed by atoms with E-state index in [0.29, 0.717) is 5.78 Å². The summed E-state index contributed by atoms with van der Waals surface area (Å²) < 4.78 is 3.29. The number of carboxylic acids is 1. The summed E-state index contributed by atoms with van der Waals surface area (Å²) in [6.45, 7) is 0. The highest BCUT2D eigenvalue weighted by Crippen LogP contribution is 2.05. The fourth-order valence-corrected chi connectivity index (χ4v) is 1.15. The van der Waals surface area contributed by atoms with Crippen molar-refractivity contribution in [3.05, 3.63) is 24.3 Å². The average Bonchev–Trinajstić information content (AvgIpc) is 2.53. The van der Waals surface area contributed by atoms with Crippen molar-refractivity contribution >= 4 is 11.7 Å². The smallest absolute Gasteiger partial charge is 0.354 e. The summed E-state index contributed by atoms with van der Waals surface area (Å²) in [7, 11) is 1.81. The van der Waals surface area contributed by atoms with E-state index in [1.807, 2.05) is 7.05 Å². The number of imidazole rings is 2. The molecule has 0 radical (unpaired) electrons. The number of rotatable bonds is 1. The van der Waals surface area contributed by atoms with Crippen molar-refractivity contribution in [2.24, 2.45) is 7.05 Å². The molecule has 0 aromatic carbocycles. The fraction of sp³-hybridized carbons (Fsp3) is 0.143. The molecular weight excluding hydrogens is 158 g/mol. The maximum absolute atomic E-state index is 10.6. The van der Waals surface area contributed by atoms with Crippen LogP contribution in [0.3, 0.4) is 0 Å². The van der Waals surface area contributed by atoms with Gasteiger partial charge < -0.3 is 9.67 Å². The average molecular weight is 165 g/mol. The second-order valence-corrected chi connectivity index (χ2v) is 2.53. The molecule has 0 aliphatic rings. The number of fused-ring (bicyclic) bond motifs is 1. The first-order valence-corrected chi connectivity index (χ1v) is 3.42. The van der Waals surface area contributed by atoms with Crippen LogP contribution in [0.2, 0.25) is 0 Å². The van der Waals surface area contributed by atoms with E-state index < -0.39 is 5.97 Å². The molecule has 2 aromatic heterocycles. The van der Waals surface area contributed by atoms with E-state index in [4.69, 9.17) is 5.11 Å². The predicted molar refractivity (Wildman–Crippen MR) is 41.1 cm³/mol. The zero-order valence-corrected chi connectivity index (χ0v) is 6.43. The van der Waals surface area contributed by atoms with Crippen molar-refractivity contribution in [1.29, 1.82) is 0 Å². The Morgan fingerprint density at radius 2 is 2.33 bits per heavy atom. The van der Waals surface area contributed by atoms with E-state index in [0.717, 1.165) is 0 Å². The molecule has 0 atom stereocenters. The lowest BCUT2D eigenvalue weighted by atomic mass is 10.5. The summed E-state index contributed by atoms with van der Waals surface area (Å²) in [5.41, 5.74) is 0.186. The largest absolute Gasteiger partial charge is 0.477 e. The van der Waals surface area contributed by atoms with Crippen LogP contribution in [-0.4, -0.2) is 25.0 Å². The third-order valence-electron chi connectivity index (χ3n) is 1.75. The van der Waals surface area contributed by atoms with Gasteiger partial charge in [0.05, 0.1) is 6.20 Å². The summed E-state index contributed by atoms with van der Waals surface area (Å²) in [5, 5.41) is 8.71. The summed E-state index contributed by atoms with van der Waals surface area (Å²) in [4.78, 5) is 14.6. The Balaban J connectivity index is 2.79. The van der Waals surface area contributed by atoms with Crippen molar-refractivity contribution in [2.75, 3.05) is 0 Å². The van der Waals surface area contributed by atoms with Crippen LogP contribution in [0, 0.1) is 0 Å². The molecule has 0 amide bonds. The number of aromatic carboxylic acids is 1. The van der Waals surface area contributed by atoms with Gasteiger partial charge in [0.1, 0.15) is 0 Å². The van der Waals surface area contributed by atoms with Gasteiger partial charge >= 0.3 is 5.97 Å². The number of hydrogen-bond acceptors (Lipinski definition) is 2. The normalized spacial score (nSPS) is 10.8. The second-order valence-electron chi connectivity index (χ2n) is 2.53. The summed E-state index contributed by atoms with van der Waals surface area (Å²) in [6.07, 6.45) is 4.78. The Bertz CT molecular complexity index is 440. The molecule has 2 aromatic rings. The Morgan fingerprint density at radius 3 is 3.00 bits per heavy atom. The number of carboxylic acid groups (broad SMARTS) is 1. The molecule has 5 nitrogen and oxygen atoms in total. The number of aromatic nitrogens is 3. The molecule has 0 spiro atoms. The highest BCUT2D eigenvalue weighted by atomic mass is 16.4. The molecule has 5 heteroatoms. The minimum atomic E-state index is -0.964. The van der Waals surface area contributed by atoms with Gasteiger partial charge in [-0.2, -0.15) is 0 Å². The van der Waals surface area contributed by atoms with E-state index in [9.17, 15) is 4.79 Å². The van der Waals surface area contributed by atoms with Crippen LogP contribution in [0.5, 0.6) is 0 Å². The molecule has 0 saturated heterocycles. The van der Waals surface area contributed by atoms with Gasteiger partial charge in [0.25, 0.3) is 0 Å². The first-order chi connectivity index (χ1) is 5.70. The van der Waals surface area contributed by atoms with Crippen molar-refractivity contribution in [3.63, 3.8) is 0 Å². The number of hydrogen-bond donors (Lipinski definition) is 1. The Kier molecular flexibility index (Phi) is 1.21. The third-order valence-corrected chi connectivity index (χ3v) is 1.75. The maximum atomic E-state index is 10.6. The van der Waals surface area contributed by atoms with Crippen molar-refractivity contribution < 1.29 is 9.90 Å². The minimum absolute atomic E-state index is 0.186. The highest BCUT2D eigenvalue weighted by molar-refractivity contribution is 5.86. The van der Waals surface area contributed by atoms with Crippen LogP contribution in [0.15, 0.2) is 18.6 Å². The van der Waals surface area contributed by atoms with Gasteiger partial charge in [0, 0.05) is 19.4 Å². The fourth-order valence-electron chi connectivity index (χ4n) is 1.15. The first kappa shape index (κ1) is 6.90. The zero-order valence-electron chi connectivity index (χ0n) is 6.43. The standard InChI is InChI=1S/C7H7N3O2/c1-9-2-3-10-5(6(11)12)4-8-7(9)10/h2-4H,1H3,(H,11,12). The van der Waals surface area contributed by atoms with Gasteiger partial charge in [-0.25, -0.2) is 9.78 Å². The molecule has 62 valence electrons.